The summed E-state index contributed by atoms with van der Waals surface area (Å²) >= 11 is 0. The molecule has 0 bridgehead atoms. The number of ether oxygens (including phenoxy) is 4. The van der Waals surface area contributed by atoms with Gasteiger partial charge in [-0.05, 0) is 43.5 Å². The SMILES string of the molecule is CC[C@@H](c1c2c(nc3c(-c4ccc(OC)cc4C)c(C)nn13)C(N)OC2)C(OC)OC. The highest BCUT2D eigenvalue weighted by atomic mass is 16.7. The molecule has 1 aromatic carbocycles. The van der Waals surface area contributed by atoms with Crippen LogP contribution in [-0.4, -0.2) is 42.2 Å². The summed E-state index contributed by atoms with van der Waals surface area (Å²) in [6.07, 6.45) is -0.199. The van der Waals surface area contributed by atoms with E-state index in [1.807, 2.05) is 29.6 Å². The van der Waals surface area contributed by atoms with Gasteiger partial charge in [0.05, 0.1) is 36.7 Å². The zero-order valence-electron chi connectivity index (χ0n) is 18.9. The Morgan fingerprint density at radius 3 is 2.58 bits per heavy atom. The van der Waals surface area contributed by atoms with Crippen molar-refractivity contribution < 1.29 is 18.9 Å². The number of fused-ring (bicyclic) bond motifs is 2. The van der Waals surface area contributed by atoms with Crippen LogP contribution in [0, 0.1) is 13.8 Å². The largest absolute Gasteiger partial charge is 0.497 e. The van der Waals surface area contributed by atoms with Crippen LogP contribution >= 0.6 is 0 Å². The number of aromatic nitrogens is 3. The van der Waals surface area contributed by atoms with E-state index >= 15 is 0 Å². The van der Waals surface area contributed by atoms with Crippen molar-refractivity contribution in [3.05, 3.63) is 46.4 Å². The molecule has 0 amide bonds. The molecular weight excluding hydrogens is 396 g/mol. The van der Waals surface area contributed by atoms with E-state index < -0.39 is 12.5 Å². The molecule has 1 aliphatic heterocycles. The lowest BCUT2D eigenvalue weighted by Gasteiger charge is -2.26. The van der Waals surface area contributed by atoms with Crippen LogP contribution in [0.3, 0.4) is 0 Å². The lowest BCUT2D eigenvalue weighted by molar-refractivity contribution is -0.120. The third-order valence-electron chi connectivity index (χ3n) is 6.07. The van der Waals surface area contributed by atoms with Crippen molar-refractivity contribution in [2.45, 2.75) is 52.2 Å². The monoisotopic (exact) mass is 426 g/mol. The van der Waals surface area contributed by atoms with E-state index in [9.17, 15) is 0 Å². The van der Waals surface area contributed by atoms with Crippen molar-refractivity contribution in [3.63, 3.8) is 0 Å². The molecule has 0 aliphatic carbocycles. The average Bonchev–Trinajstić information content (AvgIpc) is 3.30. The fraction of sp³-hybridized carbons (Fsp3) is 0.478. The highest BCUT2D eigenvalue weighted by Gasteiger charge is 2.35. The lowest BCUT2D eigenvalue weighted by Crippen LogP contribution is -2.26. The molecule has 1 aliphatic rings. The fourth-order valence-corrected chi connectivity index (χ4v) is 4.54. The van der Waals surface area contributed by atoms with Gasteiger partial charge in [0.2, 0.25) is 0 Å². The summed E-state index contributed by atoms with van der Waals surface area (Å²) in [4.78, 5) is 4.94. The molecule has 8 nitrogen and oxygen atoms in total. The summed E-state index contributed by atoms with van der Waals surface area (Å²) in [6, 6.07) is 6.02. The molecule has 2 atom stereocenters. The van der Waals surface area contributed by atoms with Gasteiger partial charge in [0.25, 0.3) is 0 Å². The minimum absolute atomic E-state index is 0.0627. The Bertz CT molecular complexity index is 1110. The molecule has 4 rings (SSSR count). The first-order valence-corrected chi connectivity index (χ1v) is 10.4. The molecular formula is C23H30N4O4. The summed E-state index contributed by atoms with van der Waals surface area (Å²) < 4.78 is 24.3. The summed E-state index contributed by atoms with van der Waals surface area (Å²) in [5.41, 5.74) is 13.7. The summed E-state index contributed by atoms with van der Waals surface area (Å²) in [7, 11) is 4.97. The number of rotatable bonds is 7. The van der Waals surface area contributed by atoms with E-state index in [0.717, 1.165) is 57.2 Å². The third kappa shape index (κ3) is 3.49. The van der Waals surface area contributed by atoms with Crippen molar-refractivity contribution in [1.82, 2.24) is 14.6 Å². The predicted octanol–water partition coefficient (Wildman–Crippen LogP) is 3.62. The normalized spacial score (nSPS) is 16.8. The molecule has 31 heavy (non-hydrogen) atoms. The number of methoxy groups -OCH3 is 3. The van der Waals surface area contributed by atoms with Crippen molar-refractivity contribution in [3.8, 4) is 16.9 Å². The van der Waals surface area contributed by atoms with E-state index in [2.05, 4.69) is 13.8 Å². The Balaban J connectivity index is 2.03. The van der Waals surface area contributed by atoms with Crippen molar-refractivity contribution in [2.75, 3.05) is 21.3 Å². The maximum absolute atomic E-state index is 6.26. The van der Waals surface area contributed by atoms with Crippen LogP contribution in [-0.2, 0) is 20.8 Å². The van der Waals surface area contributed by atoms with Gasteiger partial charge in [-0.3, -0.25) is 0 Å². The highest BCUT2D eigenvalue weighted by Crippen LogP contribution is 2.39. The van der Waals surface area contributed by atoms with Gasteiger partial charge in [-0.2, -0.15) is 5.10 Å². The molecule has 3 heterocycles. The number of hydrogen-bond donors (Lipinski definition) is 1. The molecule has 2 aromatic heterocycles. The number of nitrogens with two attached hydrogens (primary N) is 1. The van der Waals surface area contributed by atoms with Crippen LogP contribution in [0.2, 0.25) is 0 Å². The second-order valence-corrected chi connectivity index (χ2v) is 7.82. The maximum Gasteiger partial charge on any atom is 0.165 e. The topological polar surface area (TPSA) is 93.1 Å². The molecule has 0 saturated carbocycles. The summed E-state index contributed by atoms with van der Waals surface area (Å²) in [6.45, 7) is 6.56. The van der Waals surface area contributed by atoms with E-state index in [1.165, 1.54) is 0 Å². The molecule has 1 unspecified atom stereocenters. The first-order chi connectivity index (χ1) is 14.9. The Morgan fingerprint density at radius 2 is 1.97 bits per heavy atom. The Labute approximate surface area is 182 Å². The molecule has 2 N–H and O–H groups in total. The first kappa shape index (κ1) is 21.7. The molecule has 0 radical (unpaired) electrons. The second-order valence-electron chi connectivity index (χ2n) is 7.82. The highest BCUT2D eigenvalue weighted by molar-refractivity contribution is 5.82. The van der Waals surface area contributed by atoms with E-state index in [4.69, 9.17) is 34.8 Å². The summed E-state index contributed by atoms with van der Waals surface area (Å²) in [5.74, 6) is 0.752. The number of benzene rings is 1. The van der Waals surface area contributed by atoms with E-state index in [1.54, 1.807) is 21.3 Å². The Hall–Kier alpha value is -2.52. The third-order valence-corrected chi connectivity index (χ3v) is 6.07. The van der Waals surface area contributed by atoms with E-state index in [-0.39, 0.29) is 5.92 Å². The Kier molecular flexibility index (Phi) is 5.98. The molecule has 8 heteroatoms. The van der Waals surface area contributed by atoms with Gasteiger partial charge in [0, 0.05) is 25.3 Å². The lowest BCUT2D eigenvalue weighted by atomic mass is 9.95. The van der Waals surface area contributed by atoms with Crippen LogP contribution in [0.1, 0.15) is 53.7 Å². The number of nitrogens with zero attached hydrogens (tertiary/aromatic N) is 3. The molecule has 166 valence electrons. The van der Waals surface area contributed by atoms with Crippen LogP contribution in [0.15, 0.2) is 18.2 Å². The minimum Gasteiger partial charge on any atom is -0.497 e. The zero-order valence-corrected chi connectivity index (χ0v) is 18.9. The van der Waals surface area contributed by atoms with Gasteiger partial charge >= 0.3 is 0 Å². The number of hydrogen-bond acceptors (Lipinski definition) is 7. The van der Waals surface area contributed by atoms with Crippen LogP contribution in [0.5, 0.6) is 5.75 Å². The van der Waals surface area contributed by atoms with Gasteiger partial charge in [-0.25, -0.2) is 9.50 Å². The van der Waals surface area contributed by atoms with Gasteiger partial charge in [-0.15, -0.1) is 0 Å². The van der Waals surface area contributed by atoms with Crippen molar-refractivity contribution in [2.24, 2.45) is 5.73 Å². The van der Waals surface area contributed by atoms with Gasteiger partial charge in [0.1, 0.15) is 12.0 Å². The molecule has 0 saturated heterocycles. The van der Waals surface area contributed by atoms with Crippen LogP contribution < -0.4 is 10.5 Å². The van der Waals surface area contributed by atoms with Gasteiger partial charge in [0.15, 0.2) is 11.9 Å². The number of aryl methyl sites for hydroxylation is 2. The Morgan fingerprint density at radius 1 is 1.23 bits per heavy atom. The van der Waals surface area contributed by atoms with Crippen molar-refractivity contribution in [1.29, 1.82) is 0 Å². The molecule has 0 fully saturated rings. The molecule has 3 aromatic rings. The predicted molar refractivity (Wildman–Crippen MR) is 117 cm³/mol. The van der Waals surface area contributed by atoms with Crippen LogP contribution in [0.4, 0.5) is 0 Å². The summed E-state index contributed by atoms with van der Waals surface area (Å²) in [5, 5.41) is 4.91. The van der Waals surface area contributed by atoms with Crippen molar-refractivity contribution >= 4 is 5.65 Å². The second kappa shape index (κ2) is 8.55. The van der Waals surface area contributed by atoms with E-state index in [0.29, 0.717) is 6.61 Å². The average molecular weight is 427 g/mol. The van der Waals surface area contributed by atoms with Crippen LogP contribution in [0.25, 0.3) is 16.8 Å². The smallest absolute Gasteiger partial charge is 0.165 e. The quantitative estimate of drug-likeness (QED) is 0.577. The van der Waals surface area contributed by atoms with Gasteiger partial charge < -0.3 is 24.7 Å². The zero-order chi connectivity index (χ0) is 22.3. The maximum atomic E-state index is 6.26. The standard InChI is InChI=1S/C23H30N4O4/c1-7-15(23(29-5)30-6)20-17-11-31-21(24)19(17)25-22-18(13(3)26-27(20)22)16-9-8-14(28-4)10-12(16)2/h8-10,15,21,23H,7,11,24H2,1-6H3/t15-,21?/m0/s1. The fourth-order valence-electron chi connectivity index (χ4n) is 4.54. The first-order valence-electron chi connectivity index (χ1n) is 10.4. The minimum atomic E-state index is -0.570. The molecule has 0 spiro atoms. The van der Waals surface area contributed by atoms with Gasteiger partial charge in [-0.1, -0.05) is 13.0 Å².